The Bertz CT molecular complexity index is 1740. The SMILES string of the molecule is C=C(/C=C(\N=C/C)n1nc(CN2CCOCC2)cc1Nc1cc(NC(=O)c2ccnc(C(C)(C)C#N)c2)ccc1C)NCCN1CCOCC1. The van der Waals surface area contributed by atoms with Crippen molar-refractivity contribution in [3.8, 4) is 6.07 Å². The fourth-order valence-electron chi connectivity index (χ4n) is 5.60. The first kappa shape index (κ1) is 36.4. The number of nitrogens with one attached hydrogen (secondary N) is 3. The van der Waals surface area contributed by atoms with E-state index in [1.807, 2.05) is 44.2 Å². The minimum atomic E-state index is -0.818. The van der Waals surface area contributed by atoms with Crippen LogP contribution >= 0.6 is 0 Å². The number of nitrogens with zero attached hydrogens (tertiary/aromatic N) is 7. The maximum atomic E-state index is 13.3. The summed E-state index contributed by atoms with van der Waals surface area (Å²) in [5.74, 6) is 1.02. The van der Waals surface area contributed by atoms with Crippen LogP contribution in [0.15, 0.2) is 65.9 Å². The average molecular weight is 681 g/mol. The standard InChI is InChI=1S/C37H48N10O3/c1-6-39-34(21-28(3)40-11-12-45-13-17-49-18-14-45)47-35(24-31(44-47)25-46-15-19-50-20-16-46)43-32-23-30(8-7-27(32)2)42-36(48)29-9-10-41-33(22-29)37(4,5)26-38/h6-10,21-24,40,43H,3,11-20,25H2,1-2,4-5H3,(H,42,48)/b34-21+,39-6-. The van der Waals surface area contributed by atoms with Crippen molar-refractivity contribution in [3.63, 3.8) is 0 Å². The molecule has 3 N–H and O–H groups in total. The van der Waals surface area contributed by atoms with Crippen LogP contribution < -0.4 is 16.0 Å². The van der Waals surface area contributed by atoms with Crippen molar-refractivity contribution in [1.82, 2.24) is 29.9 Å². The predicted octanol–water partition coefficient (Wildman–Crippen LogP) is 4.54. The number of carbonyl (C=O) groups excluding carboxylic acids is 1. The minimum Gasteiger partial charge on any atom is -0.384 e. The first-order valence-corrected chi connectivity index (χ1v) is 17.0. The van der Waals surface area contributed by atoms with Crippen LogP contribution in [0.3, 0.4) is 0 Å². The summed E-state index contributed by atoms with van der Waals surface area (Å²) in [5, 5.41) is 24.5. The lowest BCUT2D eigenvalue weighted by atomic mass is 9.90. The third-order valence-corrected chi connectivity index (χ3v) is 8.61. The fraction of sp³-hybridized carbons (Fsp3) is 0.432. The number of benzene rings is 1. The van der Waals surface area contributed by atoms with Crippen molar-refractivity contribution >= 4 is 35.1 Å². The molecule has 2 aliphatic heterocycles. The molecule has 3 aromatic rings. The normalized spacial score (nSPS) is 16.3. The van der Waals surface area contributed by atoms with Gasteiger partial charge in [0.1, 0.15) is 5.82 Å². The second kappa shape index (κ2) is 17.2. The molecule has 0 aliphatic carbocycles. The molecule has 0 saturated carbocycles. The van der Waals surface area contributed by atoms with Crippen LogP contribution in [0.25, 0.3) is 5.82 Å². The molecule has 2 aromatic heterocycles. The van der Waals surface area contributed by atoms with Crippen molar-refractivity contribution in [2.45, 2.75) is 39.7 Å². The van der Waals surface area contributed by atoms with Crippen molar-refractivity contribution in [2.24, 2.45) is 4.99 Å². The predicted molar refractivity (Wildman–Crippen MR) is 196 cm³/mol. The van der Waals surface area contributed by atoms with Gasteiger partial charge in [0, 0.05) is 93.0 Å². The van der Waals surface area contributed by atoms with Crippen molar-refractivity contribution in [3.05, 3.63) is 83.5 Å². The highest BCUT2D eigenvalue weighted by atomic mass is 16.5. The van der Waals surface area contributed by atoms with E-state index in [1.165, 1.54) is 0 Å². The minimum absolute atomic E-state index is 0.294. The average Bonchev–Trinajstić information content (AvgIpc) is 3.52. The lowest BCUT2D eigenvalue weighted by molar-refractivity contribution is 0.0336. The topological polar surface area (TPSA) is 145 Å². The van der Waals surface area contributed by atoms with E-state index in [9.17, 15) is 10.1 Å². The van der Waals surface area contributed by atoms with E-state index in [-0.39, 0.29) is 5.91 Å². The zero-order valence-corrected chi connectivity index (χ0v) is 29.5. The summed E-state index contributed by atoms with van der Waals surface area (Å²) < 4.78 is 12.8. The molecule has 0 atom stereocenters. The third kappa shape index (κ3) is 9.86. The zero-order valence-electron chi connectivity index (χ0n) is 29.5. The molecule has 13 nitrogen and oxygen atoms in total. The van der Waals surface area contributed by atoms with Crippen LogP contribution in [-0.4, -0.2) is 102 Å². The molecule has 264 valence electrons. The van der Waals surface area contributed by atoms with Gasteiger partial charge in [0.05, 0.1) is 49.3 Å². The van der Waals surface area contributed by atoms with E-state index in [4.69, 9.17) is 19.6 Å². The molecule has 0 unspecified atom stereocenters. The van der Waals surface area contributed by atoms with Gasteiger partial charge in [-0.05, 0) is 57.5 Å². The smallest absolute Gasteiger partial charge is 0.255 e. The summed E-state index contributed by atoms with van der Waals surface area (Å²) in [6.07, 6.45) is 5.19. The number of anilines is 3. The number of allylic oxidation sites excluding steroid dienone is 1. The fourth-order valence-corrected chi connectivity index (χ4v) is 5.60. The first-order chi connectivity index (χ1) is 24.1. The van der Waals surface area contributed by atoms with Crippen molar-refractivity contribution < 1.29 is 14.3 Å². The summed E-state index contributed by atoms with van der Waals surface area (Å²) in [5.41, 5.74) is 4.14. The molecule has 2 aliphatic rings. The number of aromatic nitrogens is 3. The lowest BCUT2D eigenvalue weighted by Gasteiger charge is -2.26. The van der Waals surface area contributed by atoms with E-state index in [2.05, 4.69) is 43.4 Å². The number of hydrogen-bond acceptors (Lipinski definition) is 11. The van der Waals surface area contributed by atoms with Crippen molar-refractivity contribution in [1.29, 1.82) is 5.26 Å². The number of morpholine rings is 2. The van der Waals surface area contributed by atoms with E-state index >= 15 is 0 Å². The molecule has 0 radical (unpaired) electrons. The monoisotopic (exact) mass is 680 g/mol. The Hall–Kier alpha value is -4.87. The number of carbonyl (C=O) groups is 1. The third-order valence-electron chi connectivity index (χ3n) is 8.61. The van der Waals surface area contributed by atoms with Crippen LogP contribution in [0.2, 0.25) is 0 Å². The van der Waals surface area contributed by atoms with E-state index in [0.717, 1.165) is 80.9 Å². The molecule has 1 aromatic carbocycles. The number of rotatable bonds is 14. The van der Waals surface area contributed by atoms with E-state index in [1.54, 1.807) is 43.1 Å². The summed E-state index contributed by atoms with van der Waals surface area (Å²) in [7, 11) is 0. The van der Waals surface area contributed by atoms with Gasteiger partial charge in [-0.1, -0.05) is 12.6 Å². The quantitative estimate of drug-likeness (QED) is 0.164. The molecule has 5 rings (SSSR count). The van der Waals surface area contributed by atoms with Gasteiger partial charge in [0.2, 0.25) is 0 Å². The maximum Gasteiger partial charge on any atom is 0.255 e. The number of ether oxygens (including phenoxy) is 2. The van der Waals surface area contributed by atoms with Crippen LogP contribution in [0.4, 0.5) is 17.2 Å². The van der Waals surface area contributed by atoms with Gasteiger partial charge < -0.3 is 25.4 Å². The van der Waals surface area contributed by atoms with Crippen molar-refractivity contribution in [2.75, 3.05) is 76.3 Å². The van der Waals surface area contributed by atoms with Gasteiger partial charge in [-0.3, -0.25) is 19.6 Å². The Kier molecular flexibility index (Phi) is 12.5. The highest BCUT2D eigenvalue weighted by molar-refractivity contribution is 6.04. The molecular weight excluding hydrogens is 632 g/mol. The number of aliphatic imine (C=N–C) groups is 1. The van der Waals surface area contributed by atoms with E-state index < -0.39 is 5.41 Å². The maximum absolute atomic E-state index is 13.3. The van der Waals surface area contributed by atoms with Gasteiger partial charge in [-0.2, -0.15) is 15.0 Å². The number of amides is 1. The Morgan fingerprint density at radius 1 is 1.08 bits per heavy atom. The molecule has 0 spiro atoms. The van der Waals surface area contributed by atoms with E-state index in [0.29, 0.717) is 42.5 Å². The number of hydrogen-bond donors (Lipinski definition) is 3. The first-order valence-electron chi connectivity index (χ1n) is 17.0. The highest BCUT2D eigenvalue weighted by Crippen LogP contribution is 2.28. The Morgan fingerprint density at radius 2 is 1.80 bits per heavy atom. The molecule has 2 fully saturated rings. The van der Waals surface area contributed by atoms with Gasteiger partial charge in [0.25, 0.3) is 5.91 Å². The van der Waals surface area contributed by atoms with Crippen LogP contribution in [-0.2, 0) is 21.4 Å². The number of aryl methyl sites for hydroxylation is 1. The largest absolute Gasteiger partial charge is 0.384 e. The van der Waals surface area contributed by atoms with Gasteiger partial charge in [-0.25, -0.2) is 4.99 Å². The van der Waals surface area contributed by atoms with Crippen LogP contribution in [0.1, 0.15) is 48.1 Å². The Labute approximate surface area is 294 Å². The summed E-state index contributed by atoms with van der Waals surface area (Å²) >= 11 is 0. The Balaban J connectivity index is 1.38. The molecule has 1 amide bonds. The molecular formula is C37H48N10O3. The highest BCUT2D eigenvalue weighted by Gasteiger charge is 2.23. The molecule has 50 heavy (non-hydrogen) atoms. The zero-order chi connectivity index (χ0) is 35.5. The molecule has 4 heterocycles. The van der Waals surface area contributed by atoms with Gasteiger partial charge in [-0.15, -0.1) is 0 Å². The second-order valence-corrected chi connectivity index (χ2v) is 12.9. The molecule has 13 heteroatoms. The molecule has 0 bridgehead atoms. The summed E-state index contributed by atoms with van der Waals surface area (Å²) in [4.78, 5) is 27.0. The van der Waals surface area contributed by atoms with Gasteiger partial charge >= 0.3 is 0 Å². The summed E-state index contributed by atoms with van der Waals surface area (Å²) in [6, 6.07) is 13.3. The Morgan fingerprint density at radius 3 is 2.50 bits per heavy atom. The van der Waals surface area contributed by atoms with Crippen LogP contribution in [0.5, 0.6) is 0 Å². The second-order valence-electron chi connectivity index (χ2n) is 12.9. The number of pyridine rings is 1. The summed E-state index contributed by atoms with van der Waals surface area (Å²) in [6.45, 7) is 20.4. The number of nitriles is 1. The lowest BCUT2D eigenvalue weighted by Crippen LogP contribution is -2.40. The van der Waals surface area contributed by atoms with Crippen LogP contribution in [0, 0.1) is 18.3 Å². The molecule has 2 saturated heterocycles. The van der Waals surface area contributed by atoms with Gasteiger partial charge in [0.15, 0.2) is 5.82 Å².